The van der Waals surface area contributed by atoms with Gasteiger partial charge < -0.3 is 10.1 Å². The normalized spacial score (nSPS) is 27.2. The Morgan fingerprint density at radius 2 is 1.90 bits per heavy atom. The first-order valence-electron chi connectivity index (χ1n) is 7.99. The maximum absolute atomic E-state index is 5.49. The third-order valence-electron chi connectivity index (χ3n) is 5.20. The Morgan fingerprint density at radius 3 is 2.65 bits per heavy atom. The van der Waals surface area contributed by atoms with Gasteiger partial charge in [-0.1, -0.05) is 38.1 Å². The number of fused-ring (bicyclic) bond motifs is 1. The molecule has 3 rings (SSSR count). The van der Waals surface area contributed by atoms with Crippen LogP contribution in [0.5, 0.6) is 0 Å². The molecule has 0 radical (unpaired) electrons. The standard InChI is InChI=1S/C18H27NO/c1-13(14-8-10-20-11-9-14)19-17-16-7-5-4-6-15(16)12-18(17,2)3/h4-7,13-14,17,19H,8-12H2,1-3H3. The van der Waals surface area contributed by atoms with E-state index in [2.05, 4.69) is 50.4 Å². The Balaban J connectivity index is 1.75. The molecule has 20 heavy (non-hydrogen) atoms. The van der Waals surface area contributed by atoms with Crippen LogP contribution in [0.1, 0.15) is 50.8 Å². The molecule has 1 aliphatic carbocycles. The maximum atomic E-state index is 5.49. The average Bonchev–Trinajstić information content (AvgIpc) is 2.70. The lowest BCUT2D eigenvalue weighted by atomic mass is 9.83. The molecule has 0 amide bonds. The summed E-state index contributed by atoms with van der Waals surface area (Å²) in [4.78, 5) is 0. The highest BCUT2D eigenvalue weighted by atomic mass is 16.5. The van der Waals surface area contributed by atoms with Crippen LogP contribution in [0.2, 0.25) is 0 Å². The highest BCUT2D eigenvalue weighted by molar-refractivity contribution is 5.37. The molecule has 2 nitrogen and oxygen atoms in total. The van der Waals surface area contributed by atoms with Crippen molar-refractivity contribution < 1.29 is 4.74 Å². The van der Waals surface area contributed by atoms with Crippen molar-refractivity contribution in [2.45, 2.75) is 52.1 Å². The van der Waals surface area contributed by atoms with Crippen molar-refractivity contribution in [2.24, 2.45) is 11.3 Å². The molecule has 1 aliphatic heterocycles. The zero-order valence-corrected chi connectivity index (χ0v) is 13.0. The van der Waals surface area contributed by atoms with E-state index in [0.717, 1.165) is 19.1 Å². The lowest BCUT2D eigenvalue weighted by molar-refractivity contribution is 0.0516. The number of hydrogen-bond donors (Lipinski definition) is 1. The van der Waals surface area contributed by atoms with Crippen LogP contribution in [0, 0.1) is 11.3 Å². The summed E-state index contributed by atoms with van der Waals surface area (Å²) < 4.78 is 5.49. The molecular weight excluding hydrogens is 246 g/mol. The fourth-order valence-electron chi connectivity index (χ4n) is 3.92. The molecule has 0 aromatic heterocycles. The van der Waals surface area contributed by atoms with Gasteiger partial charge in [-0.25, -0.2) is 0 Å². The molecule has 1 fully saturated rings. The van der Waals surface area contributed by atoms with Crippen LogP contribution in [0.15, 0.2) is 24.3 Å². The smallest absolute Gasteiger partial charge is 0.0469 e. The van der Waals surface area contributed by atoms with E-state index in [4.69, 9.17) is 4.74 Å². The summed E-state index contributed by atoms with van der Waals surface area (Å²) in [6.07, 6.45) is 3.58. The predicted octanol–water partition coefficient (Wildman–Crippen LogP) is 3.71. The topological polar surface area (TPSA) is 21.3 Å². The number of hydrogen-bond acceptors (Lipinski definition) is 2. The van der Waals surface area contributed by atoms with Gasteiger partial charge in [-0.05, 0) is 48.6 Å². The fraction of sp³-hybridized carbons (Fsp3) is 0.667. The Kier molecular flexibility index (Phi) is 3.87. The lowest BCUT2D eigenvalue weighted by Crippen LogP contribution is -2.42. The molecule has 1 aromatic rings. The lowest BCUT2D eigenvalue weighted by Gasteiger charge is -2.36. The van der Waals surface area contributed by atoms with Gasteiger partial charge in [0, 0.05) is 25.3 Å². The van der Waals surface area contributed by atoms with Crippen molar-refractivity contribution in [2.75, 3.05) is 13.2 Å². The van der Waals surface area contributed by atoms with Crippen molar-refractivity contribution in [3.8, 4) is 0 Å². The van der Waals surface area contributed by atoms with E-state index < -0.39 is 0 Å². The predicted molar refractivity (Wildman–Crippen MR) is 82.8 cm³/mol. The van der Waals surface area contributed by atoms with Crippen LogP contribution in [0.4, 0.5) is 0 Å². The zero-order chi connectivity index (χ0) is 14.2. The average molecular weight is 273 g/mol. The van der Waals surface area contributed by atoms with Gasteiger partial charge in [0.15, 0.2) is 0 Å². The Labute approximate surface area is 122 Å². The quantitative estimate of drug-likeness (QED) is 0.906. The molecule has 2 heteroatoms. The first kappa shape index (κ1) is 14.1. The Hall–Kier alpha value is -0.860. The van der Waals surface area contributed by atoms with Gasteiger partial charge in [0.2, 0.25) is 0 Å². The molecule has 1 saturated heterocycles. The van der Waals surface area contributed by atoms with E-state index in [1.807, 2.05) is 0 Å². The van der Waals surface area contributed by atoms with Crippen molar-refractivity contribution in [3.05, 3.63) is 35.4 Å². The van der Waals surface area contributed by atoms with Gasteiger partial charge in [0.05, 0.1) is 0 Å². The van der Waals surface area contributed by atoms with E-state index in [9.17, 15) is 0 Å². The SMILES string of the molecule is CC(NC1c2ccccc2CC1(C)C)C1CCOCC1. The second kappa shape index (κ2) is 5.50. The minimum Gasteiger partial charge on any atom is -0.381 e. The first-order chi connectivity index (χ1) is 9.58. The van der Waals surface area contributed by atoms with Crippen molar-refractivity contribution >= 4 is 0 Å². The van der Waals surface area contributed by atoms with Crippen molar-refractivity contribution in [1.82, 2.24) is 5.32 Å². The van der Waals surface area contributed by atoms with Crippen LogP contribution >= 0.6 is 0 Å². The van der Waals surface area contributed by atoms with E-state index in [-0.39, 0.29) is 0 Å². The van der Waals surface area contributed by atoms with Gasteiger partial charge in [0.1, 0.15) is 0 Å². The zero-order valence-electron chi connectivity index (χ0n) is 13.0. The second-order valence-corrected chi connectivity index (χ2v) is 7.20. The van der Waals surface area contributed by atoms with Gasteiger partial charge in [0.25, 0.3) is 0 Å². The van der Waals surface area contributed by atoms with Crippen molar-refractivity contribution in [3.63, 3.8) is 0 Å². The molecule has 110 valence electrons. The molecule has 0 bridgehead atoms. The second-order valence-electron chi connectivity index (χ2n) is 7.20. The molecule has 1 aromatic carbocycles. The molecule has 2 atom stereocenters. The van der Waals surface area contributed by atoms with E-state index in [1.165, 1.54) is 30.4 Å². The number of nitrogens with one attached hydrogen (secondary N) is 1. The Morgan fingerprint density at radius 1 is 1.20 bits per heavy atom. The summed E-state index contributed by atoms with van der Waals surface area (Å²) in [5.41, 5.74) is 3.34. The van der Waals surface area contributed by atoms with Crippen LogP contribution in [-0.2, 0) is 11.2 Å². The van der Waals surface area contributed by atoms with E-state index in [0.29, 0.717) is 17.5 Å². The third kappa shape index (κ3) is 2.64. The van der Waals surface area contributed by atoms with Gasteiger partial charge in [-0.2, -0.15) is 0 Å². The minimum atomic E-state index is 0.309. The minimum absolute atomic E-state index is 0.309. The Bertz CT molecular complexity index is 462. The molecule has 0 spiro atoms. The summed E-state index contributed by atoms with van der Waals surface area (Å²) in [6, 6.07) is 9.98. The van der Waals surface area contributed by atoms with Gasteiger partial charge in [-0.3, -0.25) is 0 Å². The monoisotopic (exact) mass is 273 g/mol. The maximum Gasteiger partial charge on any atom is 0.0469 e. The number of ether oxygens (including phenoxy) is 1. The van der Waals surface area contributed by atoms with E-state index in [1.54, 1.807) is 0 Å². The molecule has 0 saturated carbocycles. The summed E-state index contributed by atoms with van der Waals surface area (Å²) in [7, 11) is 0. The molecule has 1 heterocycles. The molecule has 1 N–H and O–H groups in total. The fourth-order valence-corrected chi connectivity index (χ4v) is 3.92. The highest BCUT2D eigenvalue weighted by Crippen LogP contribution is 2.45. The largest absolute Gasteiger partial charge is 0.381 e. The van der Waals surface area contributed by atoms with Gasteiger partial charge >= 0.3 is 0 Å². The van der Waals surface area contributed by atoms with Crippen molar-refractivity contribution in [1.29, 1.82) is 0 Å². The van der Waals surface area contributed by atoms with E-state index >= 15 is 0 Å². The highest BCUT2D eigenvalue weighted by Gasteiger charge is 2.39. The first-order valence-corrected chi connectivity index (χ1v) is 7.99. The molecule has 2 unspecified atom stereocenters. The summed E-state index contributed by atoms with van der Waals surface area (Å²) >= 11 is 0. The number of benzene rings is 1. The molecule has 2 aliphatic rings. The summed E-state index contributed by atoms with van der Waals surface area (Å²) in [5, 5.41) is 3.94. The van der Waals surface area contributed by atoms with Crippen LogP contribution in [0.25, 0.3) is 0 Å². The summed E-state index contributed by atoms with van der Waals surface area (Å²) in [6.45, 7) is 9.00. The van der Waals surface area contributed by atoms with Crippen LogP contribution in [0.3, 0.4) is 0 Å². The third-order valence-corrected chi connectivity index (χ3v) is 5.20. The van der Waals surface area contributed by atoms with Gasteiger partial charge in [-0.15, -0.1) is 0 Å². The van der Waals surface area contributed by atoms with Crippen LogP contribution in [-0.4, -0.2) is 19.3 Å². The van der Waals surface area contributed by atoms with Crippen LogP contribution < -0.4 is 5.32 Å². The summed E-state index contributed by atoms with van der Waals surface area (Å²) in [5.74, 6) is 0.757. The molecular formula is C18H27NO. The number of rotatable bonds is 3.